The van der Waals surface area contributed by atoms with Crippen molar-refractivity contribution >= 4 is 5.97 Å². The summed E-state index contributed by atoms with van der Waals surface area (Å²) >= 11 is 0. The van der Waals surface area contributed by atoms with Gasteiger partial charge < -0.3 is 19.3 Å². The molecule has 2 atom stereocenters. The van der Waals surface area contributed by atoms with Crippen LogP contribution >= 0.6 is 0 Å². The normalized spacial score (nSPS) is 30.7. The van der Waals surface area contributed by atoms with Gasteiger partial charge in [-0.25, -0.2) is 4.79 Å². The molecule has 1 aliphatic rings. The molecule has 0 aromatic rings. The highest BCUT2D eigenvalue weighted by Crippen LogP contribution is 2.46. The van der Waals surface area contributed by atoms with Gasteiger partial charge in [0, 0.05) is 6.08 Å². The van der Waals surface area contributed by atoms with E-state index in [1.807, 2.05) is 0 Å². The van der Waals surface area contributed by atoms with Gasteiger partial charge >= 0.3 is 23.9 Å². The minimum Gasteiger partial charge on any atom is -0.457 e. The summed E-state index contributed by atoms with van der Waals surface area (Å²) in [7, 11) is 0. The minimum absolute atomic E-state index is 0.702. The zero-order valence-corrected chi connectivity index (χ0v) is 9.25. The minimum atomic E-state index is -5.75. The van der Waals surface area contributed by atoms with Crippen LogP contribution in [0.1, 0.15) is 0 Å². The fourth-order valence-corrected chi connectivity index (χ4v) is 1.17. The van der Waals surface area contributed by atoms with Crippen molar-refractivity contribution in [3.63, 3.8) is 0 Å². The first-order valence-corrected chi connectivity index (χ1v) is 4.79. The summed E-state index contributed by atoms with van der Waals surface area (Å²) in [5.74, 6) is -10.4. The quantitative estimate of drug-likeness (QED) is 0.477. The van der Waals surface area contributed by atoms with Crippen LogP contribution < -0.4 is 0 Å². The average molecular weight is 292 g/mol. The van der Waals surface area contributed by atoms with Gasteiger partial charge in [-0.1, -0.05) is 6.58 Å². The zero-order valence-electron chi connectivity index (χ0n) is 9.25. The molecule has 5 nitrogen and oxygen atoms in total. The van der Waals surface area contributed by atoms with Gasteiger partial charge in [-0.15, -0.1) is 0 Å². The molecule has 0 amide bonds. The van der Waals surface area contributed by atoms with Crippen molar-refractivity contribution in [1.82, 2.24) is 0 Å². The Labute approximate surface area is 103 Å². The fourth-order valence-electron chi connectivity index (χ4n) is 1.17. The van der Waals surface area contributed by atoms with E-state index < -0.39 is 43.4 Å². The Morgan fingerprint density at radius 3 is 2.58 bits per heavy atom. The van der Waals surface area contributed by atoms with E-state index in [4.69, 9.17) is 5.11 Å². The molecule has 1 heterocycles. The monoisotopic (exact) mass is 292 g/mol. The van der Waals surface area contributed by atoms with E-state index in [1.165, 1.54) is 0 Å². The van der Waals surface area contributed by atoms with Crippen LogP contribution in [0.4, 0.5) is 22.0 Å². The second-order valence-electron chi connectivity index (χ2n) is 3.54. The van der Waals surface area contributed by atoms with Gasteiger partial charge in [-0.05, 0) is 0 Å². The molecule has 19 heavy (non-hydrogen) atoms. The molecule has 1 fully saturated rings. The van der Waals surface area contributed by atoms with Gasteiger partial charge in [-0.3, -0.25) is 0 Å². The maximum atomic E-state index is 13.0. The Morgan fingerprint density at radius 2 is 2.11 bits per heavy atom. The van der Waals surface area contributed by atoms with Crippen LogP contribution in [-0.2, 0) is 19.0 Å². The molecule has 0 aromatic heterocycles. The van der Waals surface area contributed by atoms with Crippen molar-refractivity contribution in [2.45, 2.75) is 24.2 Å². The van der Waals surface area contributed by atoms with Gasteiger partial charge in [0.1, 0.15) is 13.2 Å². The molecular formula is C9H9F5O5. The number of esters is 1. The van der Waals surface area contributed by atoms with E-state index >= 15 is 0 Å². The van der Waals surface area contributed by atoms with Gasteiger partial charge in [-0.2, -0.15) is 22.0 Å². The molecule has 1 saturated heterocycles. The number of carbonyl (C=O) groups excluding carboxylic acids is 1. The van der Waals surface area contributed by atoms with Crippen molar-refractivity contribution in [1.29, 1.82) is 0 Å². The van der Waals surface area contributed by atoms with Crippen molar-refractivity contribution in [3.8, 4) is 0 Å². The van der Waals surface area contributed by atoms with Gasteiger partial charge in [0.2, 0.25) is 0 Å². The lowest BCUT2D eigenvalue weighted by Crippen LogP contribution is -2.67. The number of alkyl halides is 5. The smallest absolute Gasteiger partial charge is 0.449 e. The van der Waals surface area contributed by atoms with Crippen molar-refractivity contribution in [2.75, 3.05) is 13.2 Å². The van der Waals surface area contributed by atoms with E-state index in [0.29, 0.717) is 6.08 Å². The van der Waals surface area contributed by atoms with Gasteiger partial charge in [0.15, 0.2) is 6.29 Å². The van der Waals surface area contributed by atoms with Crippen LogP contribution in [0.25, 0.3) is 0 Å². The van der Waals surface area contributed by atoms with Gasteiger partial charge in [0.05, 0.1) is 0 Å². The third kappa shape index (κ3) is 3.01. The Morgan fingerprint density at radius 1 is 1.53 bits per heavy atom. The van der Waals surface area contributed by atoms with Crippen LogP contribution in [0.15, 0.2) is 12.7 Å². The number of aliphatic hydroxyl groups is 1. The molecule has 0 saturated carbocycles. The Kier molecular flexibility index (Phi) is 4.17. The molecule has 0 aliphatic carbocycles. The standard InChI is InChI=1S/C9H9F5O5/c1-2-5(15)17-3-6-18-4-7(10,11)8(16,19-6)9(12,13)14/h2,6,16H,1,3-4H2. The first kappa shape index (κ1) is 15.8. The predicted molar refractivity (Wildman–Crippen MR) is 47.9 cm³/mol. The van der Waals surface area contributed by atoms with Crippen LogP contribution in [0.2, 0.25) is 0 Å². The average Bonchev–Trinajstić information content (AvgIpc) is 2.29. The number of halogens is 5. The summed E-state index contributed by atoms with van der Waals surface area (Å²) in [5.41, 5.74) is 0. The van der Waals surface area contributed by atoms with Crippen molar-refractivity contribution in [3.05, 3.63) is 12.7 Å². The first-order valence-electron chi connectivity index (χ1n) is 4.79. The second-order valence-corrected chi connectivity index (χ2v) is 3.54. The molecule has 0 spiro atoms. The van der Waals surface area contributed by atoms with E-state index in [-0.39, 0.29) is 0 Å². The van der Waals surface area contributed by atoms with E-state index in [0.717, 1.165) is 0 Å². The number of hydrogen-bond donors (Lipinski definition) is 1. The SMILES string of the molecule is C=CC(=O)OCC1OCC(F)(F)C(O)(C(F)(F)F)O1. The molecule has 0 radical (unpaired) electrons. The van der Waals surface area contributed by atoms with Crippen LogP contribution in [-0.4, -0.2) is 48.5 Å². The third-order valence-electron chi connectivity index (χ3n) is 2.16. The maximum absolute atomic E-state index is 13.0. The summed E-state index contributed by atoms with van der Waals surface area (Å²) in [5, 5.41) is 8.99. The number of hydrogen-bond acceptors (Lipinski definition) is 5. The number of rotatable bonds is 3. The first-order chi connectivity index (χ1) is 8.53. The highest BCUT2D eigenvalue weighted by atomic mass is 19.4. The Hall–Kier alpha value is -1.26. The highest BCUT2D eigenvalue weighted by Gasteiger charge is 2.73. The highest BCUT2D eigenvalue weighted by molar-refractivity contribution is 5.81. The summed E-state index contributed by atoms with van der Waals surface area (Å²) in [4.78, 5) is 10.7. The van der Waals surface area contributed by atoms with E-state index in [2.05, 4.69) is 20.8 Å². The lowest BCUT2D eigenvalue weighted by Gasteiger charge is -2.42. The molecule has 1 rings (SSSR count). The lowest BCUT2D eigenvalue weighted by atomic mass is 10.1. The molecule has 1 aliphatic heterocycles. The largest absolute Gasteiger partial charge is 0.457 e. The second kappa shape index (κ2) is 5.02. The number of carbonyl (C=O) groups is 1. The third-order valence-corrected chi connectivity index (χ3v) is 2.16. The van der Waals surface area contributed by atoms with Crippen molar-refractivity contribution < 1.29 is 46.1 Å². The Balaban J connectivity index is 2.79. The summed E-state index contributed by atoms with van der Waals surface area (Å²) in [6, 6.07) is 0. The topological polar surface area (TPSA) is 65.0 Å². The fraction of sp³-hybridized carbons (Fsp3) is 0.667. The summed E-state index contributed by atoms with van der Waals surface area (Å²) < 4.78 is 75.7. The molecule has 0 bridgehead atoms. The van der Waals surface area contributed by atoms with E-state index in [1.54, 1.807) is 0 Å². The summed E-state index contributed by atoms with van der Waals surface area (Å²) in [6.45, 7) is 0.370. The van der Waals surface area contributed by atoms with Gasteiger partial charge in [0.25, 0.3) is 0 Å². The van der Waals surface area contributed by atoms with Crippen LogP contribution in [0.3, 0.4) is 0 Å². The van der Waals surface area contributed by atoms with E-state index in [9.17, 15) is 26.7 Å². The van der Waals surface area contributed by atoms with Crippen molar-refractivity contribution in [2.24, 2.45) is 0 Å². The molecule has 1 N–H and O–H groups in total. The molecule has 0 aromatic carbocycles. The molecule has 110 valence electrons. The molecule has 2 unspecified atom stereocenters. The molecule has 10 heteroatoms. The Bertz CT molecular complexity index is 369. The zero-order chi connectivity index (χ0) is 14.9. The lowest BCUT2D eigenvalue weighted by molar-refractivity contribution is -0.490. The predicted octanol–water partition coefficient (Wildman–Crippen LogP) is 0.975. The van der Waals surface area contributed by atoms with Crippen LogP contribution in [0.5, 0.6) is 0 Å². The molecular weight excluding hydrogens is 283 g/mol. The van der Waals surface area contributed by atoms with Crippen LogP contribution in [0, 0.1) is 0 Å². The number of ether oxygens (including phenoxy) is 3. The summed E-state index contributed by atoms with van der Waals surface area (Å²) in [6.07, 6.45) is -7.02. The maximum Gasteiger partial charge on any atom is 0.449 e.